The molecule has 0 aliphatic carbocycles. The average Bonchev–Trinajstić information content (AvgIpc) is 2.49. The zero-order valence-electron chi connectivity index (χ0n) is 6.97. The average molecular weight is 186 g/mol. The first-order valence-electron chi connectivity index (χ1n) is 3.67. The fraction of sp³-hybridized carbons (Fsp3) is 0.375. The first kappa shape index (κ1) is 9.76. The van der Waals surface area contributed by atoms with Gasteiger partial charge in [-0.15, -0.1) is 0 Å². The van der Waals surface area contributed by atoms with E-state index in [0.29, 0.717) is 5.76 Å². The van der Waals surface area contributed by atoms with Crippen molar-refractivity contribution < 1.29 is 24.5 Å². The van der Waals surface area contributed by atoms with E-state index in [1.54, 1.807) is 13.0 Å². The summed E-state index contributed by atoms with van der Waals surface area (Å²) in [7, 11) is 0. The minimum absolute atomic E-state index is 0.0485. The normalized spacial score (nSPS) is 15.3. The highest BCUT2D eigenvalue weighted by molar-refractivity contribution is 5.72. The summed E-state index contributed by atoms with van der Waals surface area (Å²) in [5.41, 5.74) is 0. The number of carbonyl (C=O) groups is 1. The molecule has 13 heavy (non-hydrogen) atoms. The SMILES string of the molecule is Cc1ccc(C(O)C(O)C(=O)O)o1. The van der Waals surface area contributed by atoms with Crippen LogP contribution in [0, 0.1) is 6.92 Å². The third-order valence-electron chi connectivity index (χ3n) is 1.60. The molecule has 5 nitrogen and oxygen atoms in total. The van der Waals surface area contributed by atoms with Crippen molar-refractivity contribution in [3.8, 4) is 0 Å². The zero-order chi connectivity index (χ0) is 10.0. The lowest BCUT2D eigenvalue weighted by molar-refractivity contribution is -0.153. The molecule has 72 valence electrons. The van der Waals surface area contributed by atoms with E-state index in [1.807, 2.05) is 0 Å². The molecule has 0 amide bonds. The van der Waals surface area contributed by atoms with Gasteiger partial charge in [0.2, 0.25) is 0 Å². The highest BCUT2D eigenvalue weighted by atomic mass is 16.4. The van der Waals surface area contributed by atoms with E-state index in [4.69, 9.17) is 14.6 Å². The first-order valence-corrected chi connectivity index (χ1v) is 3.67. The van der Waals surface area contributed by atoms with Crippen LogP contribution in [0.5, 0.6) is 0 Å². The largest absolute Gasteiger partial charge is 0.479 e. The van der Waals surface area contributed by atoms with Crippen molar-refractivity contribution >= 4 is 5.97 Å². The Labute approximate surface area is 74.2 Å². The zero-order valence-corrected chi connectivity index (χ0v) is 6.97. The van der Waals surface area contributed by atoms with Gasteiger partial charge in [0.15, 0.2) is 6.10 Å². The number of aliphatic carboxylic acids is 1. The molecule has 2 unspecified atom stereocenters. The molecule has 0 fully saturated rings. The molecular weight excluding hydrogens is 176 g/mol. The molecule has 1 aromatic heterocycles. The van der Waals surface area contributed by atoms with Gasteiger partial charge in [-0.3, -0.25) is 0 Å². The van der Waals surface area contributed by atoms with E-state index in [-0.39, 0.29) is 5.76 Å². The lowest BCUT2D eigenvalue weighted by Gasteiger charge is -2.10. The number of aliphatic hydroxyl groups is 2. The summed E-state index contributed by atoms with van der Waals surface area (Å²) in [5, 5.41) is 26.6. The second-order valence-electron chi connectivity index (χ2n) is 2.68. The monoisotopic (exact) mass is 186 g/mol. The van der Waals surface area contributed by atoms with Crippen molar-refractivity contribution in [2.75, 3.05) is 0 Å². The fourth-order valence-electron chi connectivity index (χ4n) is 0.903. The molecule has 0 aliphatic heterocycles. The van der Waals surface area contributed by atoms with Gasteiger partial charge in [-0.05, 0) is 19.1 Å². The van der Waals surface area contributed by atoms with Gasteiger partial charge in [0.1, 0.15) is 17.6 Å². The van der Waals surface area contributed by atoms with E-state index in [1.165, 1.54) is 6.07 Å². The molecule has 0 saturated carbocycles. The van der Waals surface area contributed by atoms with Crippen LogP contribution in [-0.4, -0.2) is 27.4 Å². The van der Waals surface area contributed by atoms with Crippen LogP contribution >= 0.6 is 0 Å². The van der Waals surface area contributed by atoms with Gasteiger partial charge in [-0.2, -0.15) is 0 Å². The second kappa shape index (κ2) is 3.59. The Morgan fingerprint density at radius 2 is 2.08 bits per heavy atom. The third-order valence-corrected chi connectivity index (χ3v) is 1.60. The summed E-state index contributed by atoms with van der Waals surface area (Å²) >= 11 is 0. The first-order chi connectivity index (χ1) is 6.02. The molecule has 1 rings (SSSR count). The number of carboxylic acid groups (broad SMARTS) is 1. The van der Waals surface area contributed by atoms with Gasteiger partial charge in [0, 0.05) is 0 Å². The Morgan fingerprint density at radius 3 is 2.46 bits per heavy atom. The van der Waals surface area contributed by atoms with Crippen molar-refractivity contribution in [1.29, 1.82) is 0 Å². The van der Waals surface area contributed by atoms with Crippen LogP contribution in [0.3, 0.4) is 0 Å². The van der Waals surface area contributed by atoms with Crippen LogP contribution < -0.4 is 0 Å². The van der Waals surface area contributed by atoms with Crippen molar-refractivity contribution in [1.82, 2.24) is 0 Å². The van der Waals surface area contributed by atoms with Crippen LogP contribution in [0.1, 0.15) is 17.6 Å². The van der Waals surface area contributed by atoms with Crippen molar-refractivity contribution in [2.45, 2.75) is 19.1 Å². The van der Waals surface area contributed by atoms with E-state index < -0.39 is 18.2 Å². The summed E-state index contributed by atoms with van der Waals surface area (Å²) in [5.74, 6) is -0.888. The van der Waals surface area contributed by atoms with Crippen LogP contribution in [0.4, 0.5) is 0 Å². The second-order valence-corrected chi connectivity index (χ2v) is 2.68. The van der Waals surface area contributed by atoms with Gasteiger partial charge < -0.3 is 19.7 Å². The fourth-order valence-corrected chi connectivity index (χ4v) is 0.903. The number of aryl methyl sites for hydroxylation is 1. The maximum Gasteiger partial charge on any atom is 0.335 e. The quantitative estimate of drug-likeness (QED) is 0.621. The minimum atomic E-state index is -1.86. The number of carboxylic acids is 1. The Morgan fingerprint density at radius 1 is 1.46 bits per heavy atom. The third kappa shape index (κ3) is 2.07. The molecule has 0 spiro atoms. The smallest absolute Gasteiger partial charge is 0.335 e. The predicted octanol–water partition coefficient (Wildman–Crippen LogP) is 0.0669. The minimum Gasteiger partial charge on any atom is -0.479 e. The molecule has 0 aromatic carbocycles. The van der Waals surface area contributed by atoms with Crippen molar-refractivity contribution in [3.63, 3.8) is 0 Å². The molecular formula is C8H10O5. The summed E-state index contributed by atoms with van der Waals surface area (Å²) in [6.07, 6.45) is -3.38. The maximum atomic E-state index is 10.3. The molecule has 0 bridgehead atoms. The molecule has 0 aliphatic rings. The summed E-state index contributed by atoms with van der Waals surface area (Å²) in [6.45, 7) is 1.66. The van der Waals surface area contributed by atoms with E-state index in [9.17, 15) is 9.90 Å². The van der Waals surface area contributed by atoms with Crippen molar-refractivity contribution in [3.05, 3.63) is 23.7 Å². The topological polar surface area (TPSA) is 90.9 Å². The van der Waals surface area contributed by atoms with Crippen LogP contribution in [0.15, 0.2) is 16.5 Å². The highest BCUT2D eigenvalue weighted by Crippen LogP contribution is 2.19. The van der Waals surface area contributed by atoms with Crippen LogP contribution in [0.2, 0.25) is 0 Å². The summed E-state index contributed by atoms with van der Waals surface area (Å²) in [4.78, 5) is 10.3. The van der Waals surface area contributed by atoms with Gasteiger partial charge in [-0.1, -0.05) is 0 Å². The number of aliphatic hydroxyl groups excluding tert-OH is 2. The Kier molecular flexibility index (Phi) is 2.69. The molecule has 1 heterocycles. The van der Waals surface area contributed by atoms with Gasteiger partial charge in [0.05, 0.1) is 0 Å². The number of furan rings is 1. The van der Waals surface area contributed by atoms with Crippen LogP contribution in [0.25, 0.3) is 0 Å². The standard InChI is InChI=1S/C8H10O5/c1-4-2-3-5(13-4)6(9)7(10)8(11)12/h2-3,6-7,9-10H,1H3,(H,11,12). The molecule has 5 heteroatoms. The summed E-state index contributed by atoms with van der Waals surface area (Å²) in [6, 6.07) is 3.00. The lowest BCUT2D eigenvalue weighted by Crippen LogP contribution is -2.27. The Hall–Kier alpha value is -1.33. The van der Waals surface area contributed by atoms with E-state index in [0.717, 1.165) is 0 Å². The highest BCUT2D eigenvalue weighted by Gasteiger charge is 2.27. The number of rotatable bonds is 3. The van der Waals surface area contributed by atoms with E-state index >= 15 is 0 Å². The van der Waals surface area contributed by atoms with Gasteiger partial charge in [0.25, 0.3) is 0 Å². The Balaban J connectivity index is 2.78. The molecule has 0 saturated heterocycles. The Bertz CT molecular complexity index is 303. The predicted molar refractivity (Wildman–Crippen MR) is 42.0 cm³/mol. The van der Waals surface area contributed by atoms with Crippen LogP contribution in [-0.2, 0) is 4.79 Å². The molecule has 1 aromatic rings. The number of hydrogen-bond acceptors (Lipinski definition) is 4. The van der Waals surface area contributed by atoms with E-state index in [2.05, 4.69) is 0 Å². The maximum absolute atomic E-state index is 10.3. The molecule has 3 N–H and O–H groups in total. The molecule has 2 atom stereocenters. The number of hydrogen-bond donors (Lipinski definition) is 3. The van der Waals surface area contributed by atoms with Crippen molar-refractivity contribution in [2.24, 2.45) is 0 Å². The van der Waals surface area contributed by atoms with Gasteiger partial charge >= 0.3 is 5.97 Å². The summed E-state index contributed by atoms with van der Waals surface area (Å²) < 4.78 is 4.94. The van der Waals surface area contributed by atoms with Gasteiger partial charge in [-0.25, -0.2) is 4.79 Å². The molecule has 0 radical (unpaired) electrons. The lowest BCUT2D eigenvalue weighted by atomic mass is 10.1.